The molecule has 7 nitrogen and oxygen atoms in total. The molecule has 1 heterocycles. The van der Waals surface area contributed by atoms with Crippen LogP contribution in [0.15, 0.2) is 76.5 Å². The van der Waals surface area contributed by atoms with E-state index in [1.54, 1.807) is 48.2 Å². The van der Waals surface area contributed by atoms with E-state index in [1.165, 1.54) is 0 Å². The molecule has 3 aromatic rings. The Kier molecular flexibility index (Phi) is 9.38. The number of carbonyl (C=O) groups excluding carboxylic acids is 3. The third kappa shape index (κ3) is 6.92. The molecule has 0 atom stereocenters. The molecule has 4 rings (SSSR count). The summed E-state index contributed by atoms with van der Waals surface area (Å²) in [5.74, 6) is 0.0501. The van der Waals surface area contributed by atoms with Crippen molar-refractivity contribution >= 4 is 63.9 Å². The lowest BCUT2D eigenvalue weighted by molar-refractivity contribution is -0.127. The molecule has 0 unspecified atom stereocenters. The average Bonchev–Trinajstić information content (AvgIpc) is 3.16. The minimum absolute atomic E-state index is 0.222. The molecule has 0 saturated carbocycles. The van der Waals surface area contributed by atoms with E-state index < -0.39 is 17.1 Å². The van der Waals surface area contributed by atoms with Crippen molar-refractivity contribution in [2.45, 2.75) is 18.4 Å². The molecule has 1 aliphatic rings. The molecule has 1 saturated heterocycles. The standard InChI is InChI=1S/C28H25ClN2O5S2/c1-3-35-24-13-18(11-12-23(24)36-17-19-7-4-5-10-22(19)29)14-25-27(33)31(28(34)38-25)16-26(32)30-20-8-6-9-21(15-20)37-2/h4-15H,3,16-17H2,1-2H3,(H,30,32)/b25-14+. The molecule has 3 amide bonds. The molecule has 3 aromatic carbocycles. The number of benzene rings is 3. The summed E-state index contributed by atoms with van der Waals surface area (Å²) in [6.45, 7) is 2.17. The zero-order valence-electron chi connectivity index (χ0n) is 20.7. The maximum absolute atomic E-state index is 12.9. The first-order valence-electron chi connectivity index (χ1n) is 11.7. The van der Waals surface area contributed by atoms with Gasteiger partial charge in [0.25, 0.3) is 11.1 Å². The second kappa shape index (κ2) is 12.9. The molecule has 38 heavy (non-hydrogen) atoms. The SMILES string of the molecule is CCOc1cc(/C=C2/SC(=O)N(CC(=O)Nc3cccc(SC)c3)C2=O)ccc1OCc1ccccc1Cl. The Labute approximate surface area is 234 Å². The topological polar surface area (TPSA) is 84.9 Å². The summed E-state index contributed by atoms with van der Waals surface area (Å²) < 4.78 is 11.7. The Balaban J connectivity index is 1.45. The maximum atomic E-state index is 12.9. The zero-order valence-corrected chi connectivity index (χ0v) is 23.1. The van der Waals surface area contributed by atoms with E-state index >= 15 is 0 Å². The summed E-state index contributed by atoms with van der Waals surface area (Å²) in [7, 11) is 0. The first-order valence-corrected chi connectivity index (χ1v) is 14.1. The molecule has 0 radical (unpaired) electrons. The third-order valence-corrected chi connectivity index (χ3v) is 7.44. The van der Waals surface area contributed by atoms with E-state index in [9.17, 15) is 14.4 Å². The van der Waals surface area contributed by atoms with Crippen LogP contribution in [-0.4, -0.2) is 41.4 Å². The van der Waals surface area contributed by atoms with E-state index in [0.717, 1.165) is 27.1 Å². The van der Waals surface area contributed by atoms with Crippen LogP contribution < -0.4 is 14.8 Å². The number of carbonyl (C=O) groups is 3. The molecule has 196 valence electrons. The van der Waals surface area contributed by atoms with Crippen molar-refractivity contribution in [3.8, 4) is 11.5 Å². The maximum Gasteiger partial charge on any atom is 0.294 e. The number of halogens is 1. The van der Waals surface area contributed by atoms with Crippen LogP contribution in [0.3, 0.4) is 0 Å². The van der Waals surface area contributed by atoms with Crippen LogP contribution >= 0.6 is 35.1 Å². The highest BCUT2D eigenvalue weighted by Gasteiger charge is 2.36. The number of hydrogen-bond donors (Lipinski definition) is 1. The molecular formula is C28H25ClN2O5S2. The van der Waals surface area contributed by atoms with Gasteiger partial charge in [-0.05, 0) is 73.0 Å². The lowest BCUT2D eigenvalue weighted by Crippen LogP contribution is -2.36. The van der Waals surface area contributed by atoms with Gasteiger partial charge in [0.1, 0.15) is 13.2 Å². The van der Waals surface area contributed by atoms with Gasteiger partial charge in [-0.25, -0.2) is 0 Å². The van der Waals surface area contributed by atoms with Crippen LogP contribution in [0.4, 0.5) is 10.5 Å². The van der Waals surface area contributed by atoms with Gasteiger partial charge in [0, 0.05) is 21.2 Å². The smallest absolute Gasteiger partial charge is 0.294 e. The van der Waals surface area contributed by atoms with Gasteiger partial charge in [-0.2, -0.15) is 0 Å². The summed E-state index contributed by atoms with van der Waals surface area (Å²) in [6.07, 6.45) is 3.54. The fourth-order valence-electron chi connectivity index (χ4n) is 3.61. The first kappa shape index (κ1) is 27.6. The number of hydrogen-bond acceptors (Lipinski definition) is 7. The van der Waals surface area contributed by atoms with Crippen molar-refractivity contribution in [1.82, 2.24) is 4.90 Å². The van der Waals surface area contributed by atoms with E-state index in [1.807, 2.05) is 49.6 Å². The molecule has 0 spiro atoms. The molecule has 10 heteroatoms. The zero-order chi connectivity index (χ0) is 27.1. The van der Waals surface area contributed by atoms with Crippen molar-refractivity contribution in [1.29, 1.82) is 0 Å². The molecule has 1 N–H and O–H groups in total. The second-order valence-corrected chi connectivity index (χ2v) is 10.3. The number of nitrogens with one attached hydrogen (secondary N) is 1. The number of amides is 3. The normalized spacial score (nSPS) is 14.2. The molecule has 0 aliphatic carbocycles. The number of nitrogens with zero attached hydrogens (tertiary/aromatic N) is 1. The van der Waals surface area contributed by atoms with Gasteiger partial charge in [0.2, 0.25) is 5.91 Å². The van der Waals surface area contributed by atoms with Gasteiger partial charge in [-0.1, -0.05) is 41.9 Å². The summed E-state index contributed by atoms with van der Waals surface area (Å²) >= 11 is 8.56. The molecular weight excluding hydrogens is 544 g/mol. The summed E-state index contributed by atoms with van der Waals surface area (Å²) in [5, 5.41) is 2.85. The number of imide groups is 1. The van der Waals surface area contributed by atoms with Crippen molar-refractivity contribution in [3.63, 3.8) is 0 Å². The van der Waals surface area contributed by atoms with Gasteiger partial charge < -0.3 is 14.8 Å². The van der Waals surface area contributed by atoms with E-state index in [0.29, 0.717) is 34.4 Å². The summed E-state index contributed by atoms with van der Waals surface area (Å²) in [5.41, 5.74) is 2.10. The van der Waals surface area contributed by atoms with Gasteiger partial charge in [0.05, 0.1) is 11.5 Å². The van der Waals surface area contributed by atoms with E-state index in [-0.39, 0.29) is 18.1 Å². The highest BCUT2D eigenvalue weighted by molar-refractivity contribution is 8.18. The highest BCUT2D eigenvalue weighted by atomic mass is 35.5. The number of rotatable bonds is 10. The van der Waals surface area contributed by atoms with E-state index in [2.05, 4.69) is 5.32 Å². The van der Waals surface area contributed by atoms with Gasteiger partial charge in [0.15, 0.2) is 11.5 Å². The molecule has 0 bridgehead atoms. The Morgan fingerprint density at radius 2 is 1.87 bits per heavy atom. The Morgan fingerprint density at radius 1 is 1.05 bits per heavy atom. The number of anilines is 1. The molecule has 0 aromatic heterocycles. The van der Waals surface area contributed by atoms with Gasteiger partial charge >= 0.3 is 0 Å². The lowest BCUT2D eigenvalue weighted by atomic mass is 10.1. The average molecular weight is 569 g/mol. The van der Waals surface area contributed by atoms with Crippen LogP contribution in [0.5, 0.6) is 11.5 Å². The predicted octanol–water partition coefficient (Wildman–Crippen LogP) is 6.71. The molecule has 1 fully saturated rings. The van der Waals surface area contributed by atoms with Gasteiger partial charge in [-0.3, -0.25) is 19.3 Å². The first-order chi connectivity index (χ1) is 18.4. The van der Waals surface area contributed by atoms with Crippen molar-refractivity contribution in [2.24, 2.45) is 0 Å². The van der Waals surface area contributed by atoms with Crippen molar-refractivity contribution < 1.29 is 23.9 Å². The summed E-state index contributed by atoms with van der Waals surface area (Å²) in [4.78, 5) is 40.2. The Bertz CT molecular complexity index is 1400. The van der Waals surface area contributed by atoms with Crippen LogP contribution in [0, 0.1) is 0 Å². The number of thioether (sulfide) groups is 2. The lowest BCUT2D eigenvalue weighted by Gasteiger charge is -2.14. The predicted molar refractivity (Wildman–Crippen MR) is 153 cm³/mol. The Morgan fingerprint density at radius 3 is 2.63 bits per heavy atom. The fraction of sp³-hybridized carbons (Fsp3) is 0.179. The largest absolute Gasteiger partial charge is 0.490 e. The quantitative estimate of drug-likeness (QED) is 0.215. The van der Waals surface area contributed by atoms with Crippen LogP contribution in [0.1, 0.15) is 18.1 Å². The Hall–Kier alpha value is -3.40. The fourth-order valence-corrected chi connectivity index (χ4v) is 5.09. The minimum atomic E-state index is -0.523. The number of ether oxygens (including phenoxy) is 2. The van der Waals surface area contributed by atoms with Crippen molar-refractivity contribution in [3.05, 3.63) is 87.8 Å². The van der Waals surface area contributed by atoms with Crippen LogP contribution in [-0.2, 0) is 16.2 Å². The molecule has 1 aliphatic heterocycles. The van der Waals surface area contributed by atoms with Gasteiger partial charge in [-0.15, -0.1) is 11.8 Å². The van der Waals surface area contributed by atoms with Crippen LogP contribution in [0.2, 0.25) is 5.02 Å². The van der Waals surface area contributed by atoms with Crippen LogP contribution in [0.25, 0.3) is 6.08 Å². The third-order valence-electron chi connectivity index (χ3n) is 5.44. The monoisotopic (exact) mass is 568 g/mol. The highest BCUT2D eigenvalue weighted by Crippen LogP contribution is 2.35. The summed E-state index contributed by atoms with van der Waals surface area (Å²) in [6, 6.07) is 20.0. The minimum Gasteiger partial charge on any atom is -0.490 e. The van der Waals surface area contributed by atoms with Crippen molar-refractivity contribution in [2.75, 3.05) is 24.7 Å². The van der Waals surface area contributed by atoms with E-state index in [4.69, 9.17) is 21.1 Å². The second-order valence-electron chi connectivity index (χ2n) is 8.07.